The standard InChI is InChI=1S/C17H31N3/c1-13(2)14-5-6-16(12-18-3)15(11-14)7-8-17-9-10-19-20(17)4/h9-10,13-16,18H,5-8,11-12H2,1-4H3. The predicted octanol–water partition coefficient (Wildman–Crippen LogP) is 3.26. The summed E-state index contributed by atoms with van der Waals surface area (Å²) in [6, 6.07) is 2.16. The fourth-order valence-corrected chi connectivity index (χ4v) is 3.83. The van der Waals surface area contributed by atoms with E-state index in [1.165, 1.54) is 44.3 Å². The molecule has 0 aromatic carbocycles. The number of hydrogen-bond donors (Lipinski definition) is 1. The van der Waals surface area contributed by atoms with E-state index in [9.17, 15) is 0 Å². The highest BCUT2D eigenvalue weighted by Crippen LogP contribution is 2.39. The van der Waals surface area contributed by atoms with Crippen molar-refractivity contribution in [2.24, 2.45) is 30.7 Å². The van der Waals surface area contributed by atoms with Crippen LogP contribution < -0.4 is 5.32 Å². The molecule has 3 unspecified atom stereocenters. The summed E-state index contributed by atoms with van der Waals surface area (Å²) in [7, 11) is 4.14. The Balaban J connectivity index is 1.94. The van der Waals surface area contributed by atoms with E-state index < -0.39 is 0 Å². The summed E-state index contributed by atoms with van der Waals surface area (Å²) in [6.07, 6.45) is 8.65. The van der Waals surface area contributed by atoms with Gasteiger partial charge in [-0.05, 0) is 75.4 Å². The molecule has 20 heavy (non-hydrogen) atoms. The van der Waals surface area contributed by atoms with Crippen molar-refractivity contribution in [1.82, 2.24) is 15.1 Å². The second kappa shape index (κ2) is 7.26. The smallest absolute Gasteiger partial charge is 0.0492 e. The van der Waals surface area contributed by atoms with Crippen LogP contribution in [0.25, 0.3) is 0 Å². The summed E-state index contributed by atoms with van der Waals surface area (Å²) < 4.78 is 2.02. The zero-order valence-corrected chi connectivity index (χ0v) is 13.6. The predicted molar refractivity (Wildman–Crippen MR) is 84.6 cm³/mol. The van der Waals surface area contributed by atoms with Crippen molar-refractivity contribution in [3.8, 4) is 0 Å². The van der Waals surface area contributed by atoms with Crippen LogP contribution in [0.3, 0.4) is 0 Å². The van der Waals surface area contributed by atoms with Gasteiger partial charge in [-0.2, -0.15) is 5.10 Å². The van der Waals surface area contributed by atoms with Gasteiger partial charge in [0.15, 0.2) is 0 Å². The lowest BCUT2D eigenvalue weighted by Crippen LogP contribution is -2.33. The Morgan fingerprint density at radius 1 is 1.35 bits per heavy atom. The minimum atomic E-state index is 0.838. The number of nitrogens with one attached hydrogen (secondary N) is 1. The number of nitrogens with zero attached hydrogens (tertiary/aromatic N) is 2. The maximum Gasteiger partial charge on any atom is 0.0492 e. The van der Waals surface area contributed by atoms with Gasteiger partial charge in [0.25, 0.3) is 0 Å². The minimum Gasteiger partial charge on any atom is -0.319 e. The monoisotopic (exact) mass is 277 g/mol. The largest absolute Gasteiger partial charge is 0.319 e. The molecule has 1 aromatic rings. The fraction of sp³-hybridized carbons (Fsp3) is 0.824. The van der Waals surface area contributed by atoms with Gasteiger partial charge in [-0.1, -0.05) is 13.8 Å². The molecule has 1 aliphatic carbocycles. The SMILES string of the molecule is CNCC1CCC(C(C)C)CC1CCc1ccnn1C. The Hall–Kier alpha value is -0.830. The first-order chi connectivity index (χ1) is 9.61. The first-order valence-electron chi connectivity index (χ1n) is 8.23. The Labute approximate surface area is 124 Å². The normalized spacial score (nSPS) is 27.1. The third-order valence-corrected chi connectivity index (χ3v) is 5.28. The van der Waals surface area contributed by atoms with Gasteiger partial charge in [0.2, 0.25) is 0 Å². The van der Waals surface area contributed by atoms with E-state index in [2.05, 4.69) is 44.4 Å². The Kier molecular flexibility index (Phi) is 5.64. The summed E-state index contributed by atoms with van der Waals surface area (Å²) in [5.74, 6) is 3.51. The van der Waals surface area contributed by atoms with Crippen LogP contribution in [0.1, 0.15) is 45.2 Å². The topological polar surface area (TPSA) is 29.9 Å². The van der Waals surface area contributed by atoms with E-state index in [1.807, 2.05) is 10.9 Å². The molecule has 114 valence electrons. The van der Waals surface area contributed by atoms with Gasteiger partial charge in [-0.15, -0.1) is 0 Å². The molecule has 1 heterocycles. The van der Waals surface area contributed by atoms with Gasteiger partial charge < -0.3 is 5.32 Å². The van der Waals surface area contributed by atoms with Crippen LogP contribution in [0.4, 0.5) is 0 Å². The van der Waals surface area contributed by atoms with Crippen LogP contribution in [-0.4, -0.2) is 23.4 Å². The second-order valence-electron chi connectivity index (χ2n) is 6.88. The minimum absolute atomic E-state index is 0.838. The molecule has 3 heteroatoms. The van der Waals surface area contributed by atoms with Gasteiger partial charge in [0, 0.05) is 18.9 Å². The molecule has 1 fully saturated rings. The van der Waals surface area contributed by atoms with Crippen molar-refractivity contribution >= 4 is 0 Å². The van der Waals surface area contributed by atoms with E-state index in [-0.39, 0.29) is 0 Å². The van der Waals surface area contributed by atoms with Gasteiger partial charge >= 0.3 is 0 Å². The van der Waals surface area contributed by atoms with E-state index >= 15 is 0 Å². The summed E-state index contributed by atoms with van der Waals surface area (Å²) in [6.45, 7) is 5.96. The lowest BCUT2D eigenvalue weighted by molar-refractivity contribution is 0.139. The average Bonchev–Trinajstić information content (AvgIpc) is 2.83. The molecular weight excluding hydrogens is 246 g/mol. The molecule has 0 aliphatic heterocycles. The van der Waals surface area contributed by atoms with Crippen LogP contribution in [0, 0.1) is 23.7 Å². The summed E-state index contributed by atoms with van der Waals surface area (Å²) in [4.78, 5) is 0. The molecule has 0 bridgehead atoms. The van der Waals surface area contributed by atoms with Crippen LogP contribution in [0.2, 0.25) is 0 Å². The molecule has 0 radical (unpaired) electrons. The number of aromatic nitrogens is 2. The first kappa shape index (κ1) is 15.6. The van der Waals surface area contributed by atoms with E-state index in [1.54, 1.807) is 0 Å². The molecule has 3 atom stereocenters. The molecule has 1 saturated carbocycles. The zero-order valence-electron chi connectivity index (χ0n) is 13.6. The number of rotatable bonds is 6. The van der Waals surface area contributed by atoms with Gasteiger partial charge in [-0.3, -0.25) is 4.68 Å². The molecular formula is C17H31N3. The van der Waals surface area contributed by atoms with Crippen molar-refractivity contribution in [1.29, 1.82) is 0 Å². The summed E-state index contributed by atoms with van der Waals surface area (Å²) >= 11 is 0. The molecule has 0 saturated heterocycles. The molecule has 0 amide bonds. The highest BCUT2D eigenvalue weighted by atomic mass is 15.2. The van der Waals surface area contributed by atoms with Crippen molar-refractivity contribution in [2.75, 3.05) is 13.6 Å². The molecule has 2 rings (SSSR count). The van der Waals surface area contributed by atoms with E-state index in [4.69, 9.17) is 0 Å². The maximum atomic E-state index is 4.28. The maximum absolute atomic E-state index is 4.28. The average molecular weight is 277 g/mol. The molecule has 1 N–H and O–H groups in total. The molecule has 1 aromatic heterocycles. The zero-order chi connectivity index (χ0) is 14.5. The summed E-state index contributed by atoms with van der Waals surface area (Å²) in [5.41, 5.74) is 1.37. The highest BCUT2D eigenvalue weighted by molar-refractivity contribution is 5.00. The van der Waals surface area contributed by atoms with Crippen LogP contribution in [-0.2, 0) is 13.5 Å². The number of hydrogen-bond acceptors (Lipinski definition) is 2. The van der Waals surface area contributed by atoms with E-state index in [0.717, 1.165) is 23.7 Å². The third-order valence-electron chi connectivity index (χ3n) is 5.28. The Morgan fingerprint density at radius 2 is 2.15 bits per heavy atom. The van der Waals surface area contributed by atoms with Crippen molar-refractivity contribution in [3.05, 3.63) is 18.0 Å². The lowest BCUT2D eigenvalue weighted by Gasteiger charge is -2.38. The second-order valence-corrected chi connectivity index (χ2v) is 6.88. The Morgan fingerprint density at radius 3 is 2.75 bits per heavy atom. The van der Waals surface area contributed by atoms with E-state index in [0.29, 0.717) is 0 Å². The molecule has 3 nitrogen and oxygen atoms in total. The van der Waals surface area contributed by atoms with Gasteiger partial charge in [0.1, 0.15) is 0 Å². The third kappa shape index (κ3) is 3.85. The fourth-order valence-electron chi connectivity index (χ4n) is 3.83. The summed E-state index contributed by atoms with van der Waals surface area (Å²) in [5, 5.41) is 7.68. The highest BCUT2D eigenvalue weighted by Gasteiger charge is 2.31. The lowest BCUT2D eigenvalue weighted by atomic mass is 9.69. The van der Waals surface area contributed by atoms with Gasteiger partial charge in [0.05, 0.1) is 0 Å². The van der Waals surface area contributed by atoms with Crippen molar-refractivity contribution in [3.63, 3.8) is 0 Å². The van der Waals surface area contributed by atoms with Crippen molar-refractivity contribution < 1.29 is 0 Å². The quantitative estimate of drug-likeness (QED) is 0.865. The Bertz CT molecular complexity index is 397. The van der Waals surface area contributed by atoms with Crippen LogP contribution in [0.15, 0.2) is 12.3 Å². The van der Waals surface area contributed by atoms with Crippen molar-refractivity contribution in [2.45, 2.75) is 46.0 Å². The molecule has 1 aliphatic rings. The van der Waals surface area contributed by atoms with Crippen LogP contribution in [0.5, 0.6) is 0 Å². The first-order valence-corrected chi connectivity index (χ1v) is 8.23. The van der Waals surface area contributed by atoms with Gasteiger partial charge in [-0.25, -0.2) is 0 Å². The molecule has 0 spiro atoms. The van der Waals surface area contributed by atoms with Crippen LogP contribution >= 0.6 is 0 Å². The number of aryl methyl sites for hydroxylation is 2.